The molecule has 0 aromatic carbocycles. The Hall–Kier alpha value is -1.51. The van der Waals surface area contributed by atoms with Crippen LogP contribution >= 0.6 is 11.3 Å². The van der Waals surface area contributed by atoms with Gasteiger partial charge >= 0.3 is 6.18 Å². The topological polar surface area (TPSA) is 41.1 Å². The molecule has 8 heteroatoms. The molecule has 1 N–H and O–H groups in total. The number of nitrogens with one attached hydrogen (secondary N) is 1. The molecule has 0 radical (unpaired) electrons. The molecule has 4 nitrogen and oxygen atoms in total. The Morgan fingerprint density at radius 3 is 2.77 bits per heavy atom. The van der Waals surface area contributed by atoms with E-state index >= 15 is 0 Å². The van der Waals surface area contributed by atoms with Gasteiger partial charge in [0.1, 0.15) is 9.88 Å². The summed E-state index contributed by atoms with van der Waals surface area (Å²) in [6, 6.07) is 4.00. The summed E-state index contributed by atoms with van der Waals surface area (Å²) in [5.41, 5.74) is 1.11. The third kappa shape index (κ3) is 3.45. The molecule has 2 aromatic heterocycles. The van der Waals surface area contributed by atoms with Crippen molar-refractivity contribution in [2.45, 2.75) is 18.8 Å². The van der Waals surface area contributed by atoms with Gasteiger partial charge in [0.05, 0.1) is 12.7 Å². The Balaban J connectivity index is 1.76. The summed E-state index contributed by atoms with van der Waals surface area (Å²) < 4.78 is 38.0. The van der Waals surface area contributed by atoms with E-state index in [2.05, 4.69) is 20.2 Å². The molecule has 22 heavy (non-hydrogen) atoms. The number of piperazine rings is 1. The molecule has 0 aliphatic carbocycles. The van der Waals surface area contributed by atoms with Gasteiger partial charge in [-0.25, -0.2) is 4.98 Å². The van der Waals surface area contributed by atoms with E-state index in [0.29, 0.717) is 11.6 Å². The molecule has 1 saturated heterocycles. The van der Waals surface area contributed by atoms with Gasteiger partial charge in [-0.3, -0.25) is 9.88 Å². The van der Waals surface area contributed by atoms with E-state index < -0.39 is 11.1 Å². The number of halogens is 3. The lowest BCUT2D eigenvalue weighted by Gasteiger charge is -2.35. The SMILES string of the molecule is FC(F)(F)c1cnc(CN2CCNCC2c2ccncc2)s1. The van der Waals surface area contributed by atoms with E-state index in [0.717, 1.165) is 42.7 Å². The molecule has 1 unspecified atom stereocenters. The predicted octanol–water partition coefficient (Wildman–Crippen LogP) is 2.70. The van der Waals surface area contributed by atoms with Crippen LogP contribution in [0, 0.1) is 0 Å². The molecule has 0 amide bonds. The maximum atomic E-state index is 12.7. The fourth-order valence-corrected chi connectivity index (χ4v) is 3.35. The molecule has 1 atom stereocenters. The quantitative estimate of drug-likeness (QED) is 0.941. The van der Waals surface area contributed by atoms with Crippen molar-refractivity contribution < 1.29 is 13.2 Å². The van der Waals surface area contributed by atoms with Gasteiger partial charge in [0.2, 0.25) is 0 Å². The Morgan fingerprint density at radius 1 is 1.32 bits per heavy atom. The molecule has 0 saturated carbocycles. The highest BCUT2D eigenvalue weighted by Gasteiger charge is 2.34. The first kappa shape index (κ1) is 15.4. The number of nitrogens with zero attached hydrogens (tertiary/aromatic N) is 3. The molecule has 2 aromatic rings. The molecule has 3 heterocycles. The Kier molecular flexibility index (Phi) is 4.42. The van der Waals surface area contributed by atoms with Crippen LogP contribution in [0.25, 0.3) is 0 Å². The summed E-state index contributed by atoms with van der Waals surface area (Å²) in [6.45, 7) is 2.78. The van der Waals surface area contributed by atoms with Crippen LogP contribution in [-0.4, -0.2) is 34.5 Å². The largest absolute Gasteiger partial charge is 0.427 e. The van der Waals surface area contributed by atoms with Gasteiger partial charge in [0, 0.05) is 38.1 Å². The maximum Gasteiger partial charge on any atom is 0.427 e. The molecule has 0 spiro atoms. The number of hydrogen-bond donors (Lipinski definition) is 1. The van der Waals surface area contributed by atoms with E-state index in [-0.39, 0.29) is 6.04 Å². The third-order valence-electron chi connectivity index (χ3n) is 3.62. The van der Waals surface area contributed by atoms with Crippen molar-refractivity contribution in [3.8, 4) is 0 Å². The second kappa shape index (κ2) is 6.31. The summed E-state index contributed by atoms with van der Waals surface area (Å²) in [6.07, 6.45) is 0.0635. The number of hydrogen-bond acceptors (Lipinski definition) is 5. The summed E-state index contributed by atoms with van der Waals surface area (Å²) in [5, 5.41) is 3.81. The number of pyridine rings is 1. The first-order valence-electron chi connectivity index (χ1n) is 6.90. The Bertz CT molecular complexity index is 614. The fourth-order valence-electron chi connectivity index (χ4n) is 2.54. The van der Waals surface area contributed by atoms with Crippen molar-refractivity contribution in [2.75, 3.05) is 19.6 Å². The second-order valence-electron chi connectivity index (χ2n) is 5.09. The van der Waals surface area contributed by atoms with E-state index in [9.17, 15) is 13.2 Å². The summed E-state index contributed by atoms with van der Waals surface area (Å²) >= 11 is 0.720. The summed E-state index contributed by atoms with van der Waals surface area (Å²) in [4.78, 5) is 9.45. The van der Waals surface area contributed by atoms with Gasteiger partial charge in [-0.1, -0.05) is 0 Å². The fraction of sp³-hybridized carbons (Fsp3) is 0.429. The van der Waals surface area contributed by atoms with Crippen LogP contribution in [0.15, 0.2) is 30.7 Å². The highest BCUT2D eigenvalue weighted by molar-refractivity contribution is 7.11. The van der Waals surface area contributed by atoms with Crippen LogP contribution in [0.3, 0.4) is 0 Å². The van der Waals surface area contributed by atoms with Gasteiger partial charge < -0.3 is 5.32 Å². The summed E-state index contributed by atoms with van der Waals surface area (Å²) in [7, 11) is 0. The minimum atomic E-state index is -4.32. The predicted molar refractivity (Wildman–Crippen MR) is 77.4 cm³/mol. The molecular weight excluding hydrogens is 313 g/mol. The third-order valence-corrected chi connectivity index (χ3v) is 4.64. The van der Waals surface area contributed by atoms with Crippen molar-refractivity contribution in [2.24, 2.45) is 0 Å². The average molecular weight is 328 g/mol. The van der Waals surface area contributed by atoms with Gasteiger partial charge in [-0.2, -0.15) is 13.2 Å². The van der Waals surface area contributed by atoms with E-state index in [1.807, 2.05) is 12.1 Å². The number of alkyl halides is 3. The number of rotatable bonds is 3. The maximum absolute atomic E-state index is 12.7. The molecule has 3 rings (SSSR count). The van der Waals surface area contributed by atoms with Crippen LogP contribution in [0.1, 0.15) is 21.5 Å². The van der Waals surface area contributed by atoms with Crippen molar-refractivity contribution in [3.05, 3.63) is 46.2 Å². The summed E-state index contributed by atoms with van der Waals surface area (Å²) in [5.74, 6) is 0. The molecule has 1 aliphatic heterocycles. The van der Waals surface area contributed by atoms with Crippen molar-refractivity contribution in [1.29, 1.82) is 0 Å². The van der Waals surface area contributed by atoms with Gasteiger partial charge in [0.15, 0.2) is 0 Å². The highest BCUT2D eigenvalue weighted by Crippen LogP contribution is 2.34. The van der Waals surface area contributed by atoms with Crippen LogP contribution < -0.4 is 5.32 Å². The molecule has 118 valence electrons. The van der Waals surface area contributed by atoms with Crippen LogP contribution in [0.4, 0.5) is 13.2 Å². The zero-order chi connectivity index (χ0) is 15.6. The van der Waals surface area contributed by atoms with Gasteiger partial charge in [-0.15, -0.1) is 11.3 Å². The Labute approximate surface area is 130 Å². The second-order valence-corrected chi connectivity index (χ2v) is 6.20. The standard InChI is InChI=1S/C14H15F3N4S/c15-14(16,17)12-8-20-13(22-12)9-21-6-5-19-7-11(21)10-1-3-18-4-2-10/h1-4,8,11,19H,5-7,9H2. The van der Waals surface area contributed by atoms with Crippen molar-refractivity contribution in [1.82, 2.24) is 20.2 Å². The average Bonchev–Trinajstić information content (AvgIpc) is 2.97. The normalized spacial score (nSPS) is 20.2. The van der Waals surface area contributed by atoms with Crippen LogP contribution in [0.2, 0.25) is 0 Å². The lowest BCUT2D eigenvalue weighted by Crippen LogP contribution is -2.45. The highest BCUT2D eigenvalue weighted by atomic mass is 32.1. The zero-order valence-electron chi connectivity index (χ0n) is 11.7. The Morgan fingerprint density at radius 2 is 2.09 bits per heavy atom. The van der Waals surface area contributed by atoms with E-state index in [1.165, 1.54) is 0 Å². The minimum absolute atomic E-state index is 0.120. The molecule has 1 fully saturated rings. The smallest absolute Gasteiger partial charge is 0.314 e. The zero-order valence-corrected chi connectivity index (χ0v) is 12.5. The van der Waals surface area contributed by atoms with Crippen LogP contribution in [-0.2, 0) is 12.7 Å². The van der Waals surface area contributed by atoms with E-state index in [4.69, 9.17) is 0 Å². The molecule has 0 bridgehead atoms. The minimum Gasteiger partial charge on any atom is -0.314 e. The first-order valence-corrected chi connectivity index (χ1v) is 7.72. The monoisotopic (exact) mass is 328 g/mol. The molecular formula is C14H15F3N4S. The first-order chi connectivity index (χ1) is 10.5. The molecule has 1 aliphatic rings. The van der Waals surface area contributed by atoms with Crippen molar-refractivity contribution in [3.63, 3.8) is 0 Å². The van der Waals surface area contributed by atoms with E-state index in [1.54, 1.807) is 12.4 Å². The van der Waals surface area contributed by atoms with Crippen molar-refractivity contribution >= 4 is 11.3 Å². The lowest BCUT2D eigenvalue weighted by atomic mass is 10.0. The van der Waals surface area contributed by atoms with Gasteiger partial charge in [-0.05, 0) is 17.7 Å². The number of thiazole rings is 1. The van der Waals surface area contributed by atoms with Crippen LogP contribution in [0.5, 0.6) is 0 Å². The number of aromatic nitrogens is 2. The lowest BCUT2D eigenvalue weighted by molar-refractivity contribution is -0.134. The van der Waals surface area contributed by atoms with Gasteiger partial charge in [0.25, 0.3) is 0 Å².